The van der Waals surface area contributed by atoms with Gasteiger partial charge in [0.05, 0.1) is 17.9 Å². The number of ether oxygens (including phenoxy) is 1. The van der Waals surface area contributed by atoms with Crippen LogP contribution in [0.2, 0.25) is 0 Å². The van der Waals surface area contributed by atoms with Crippen LogP contribution in [0.25, 0.3) is 11.4 Å². The van der Waals surface area contributed by atoms with Crippen molar-refractivity contribution in [3.8, 4) is 17.1 Å². The van der Waals surface area contributed by atoms with Crippen molar-refractivity contribution in [3.05, 3.63) is 108 Å². The van der Waals surface area contributed by atoms with Gasteiger partial charge < -0.3 is 9.30 Å². The van der Waals surface area contributed by atoms with Crippen molar-refractivity contribution in [2.24, 2.45) is 0 Å². The highest BCUT2D eigenvalue weighted by atomic mass is 16.5. The number of aromatic nitrogens is 2. The Balaban J connectivity index is 1.77. The van der Waals surface area contributed by atoms with Gasteiger partial charge in [-0.25, -0.2) is 4.98 Å². The molecule has 5 heteroatoms. The second-order valence-electron chi connectivity index (χ2n) is 10.2. The van der Waals surface area contributed by atoms with Gasteiger partial charge in [-0.15, -0.1) is 0 Å². The number of hydrogen-bond acceptors (Lipinski definition) is 4. The van der Waals surface area contributed by atoms with Crippen LogP contribution in [0, 0.1) is 0 Å². The molecule has 0 spiro atoms. The standard InChI is InChI=1S/C34H41N3O2/c1-4-6-21-32(33-24-35-34(37(33)22-7-5-2)30-18-12-9-13-19-30)36(25-28-15-10-8-11-16-28)26-29-17-14-20-31(23-29)39-27(3)38/h8-20,23-24,32H,4-7,21-22,25-26H2,1-3H3. The van der Waals surface area contributed by atoms with Gasteiger partial charge in [0.15, 0.2) is 0 Å². The predicted octanol–water partition coefficient (Wildman–Crippen LogP) is 8.21. The lowest BCUT2D eigenvalue weighted by Crippen LogP contribution is -2.30. The van der Waals surface area contributed by atoms with Gasteiger partial charge in [0, 0.05) is 32.1 Å². The van der Waals surface area contributed by atoms with Crippen LogP contribution in [0.4, 0.5) is 0 Å². The molecule has 0 fully saturated rings. The first kappa shape index (κ1) is 28.3. The lowest BCUT2D eigenvalue weighted by molar-refractivity contribution is -0.131. The molecule has 0 radical (unpaired) electrons. The fourth-order valence-electron chi connectivity index (χ4n) is 5.14. The number of esters is 1. The van der Waals surface area contributed by atoms with Crippen LogP contribution in [0.3, 0.4) is 0 Å². The SMILES string of the molecule is CCCCC(c1cnc(-c2ccccc2)n1CCCC)N(Cc1ccccc1)Cc1cccc(OC(C)=O)c1. The van der Waals surface area contributed by atoms with Gasteiger partial charge in [-0.05, 0) is 36.1 Å². The molecule has 0 aliphatic heterocycles. The number of carbonyl (C=O) groups is 1. The Kier molecular flexibility index (Phi) is 10.5. The lowest BCUT2D eigenvalue weighted by Gasteiger charge is -2.33. The predicted molar refractivity (Wildman–Crippen MR) is 158 cm³/mol. The first-order valence-electron chi connectivity index (χ1n) is 14.2. The summed E-state index contributed by atoms with van der Waals surface area (Å²) in [7, 11) is 0. The molecule has 1 heterocycles. The normalized spacial score (nSPS) is 12.0. The fourth-order valence-corrected chi connectivity index (χ4v) is 5.14. The highest BCUT2D eigenvalue weighted by Crippen LogP contribution is 2.33. The smallest absolute Gasteiger partial charge is 0.308 e. The zero-order chi connectivity index (χ0) is 27.5. The van der Waals surface area contributed by atoms with Crippen molar-refractivity contribution in [3.63, 3.8) is 0 Å². The zero-order valence-electron chi connectivity index (χ0n) is 23.6. The molecule has 5 nitrogen and oxygen atoms in total. The molecule has 0 saturated heterocycles. The molecule has 0 bridgehead atoms. The summed E-state index contributed by atoms with van der Waals surface area (Å²) in [5, 5.41) is 0. The molecule has 0 aliphatic carbocycles. The minimum absolute atomic E-state index is 0.185. The van der Waals surface area contributed by atoms with E-state index in [0.29, 0.717) is 5.75 Å². The zero-order valence-corrected chi connectivity index (χ0v) is 23.6. The molecule has 3 aromatic carbocycles. The molecule has 1 aromatic heterocycles. The van der Waals surface area contributed by atoms with Crippen LogP contribution in [0.1, 0.15) is 75.7 Å². The van der Waals surface area contributed by atoms with Crippen LogP contribution in [0.15, 0.2) is 91.1 Å². The number of carbonyl (C=O) groups excluding carboxylic acids is 1. The molecule has 4 rings (SSSR count). The molecule has 0 aliphatic rings. The van der Waals surface area contributed by atoms with Crippen molar-refractivity contribution in [2.45, 2.75) is 78.6 Å². The molecule has 0 N–H and O–H groups in total. The Hall–Kier alpha value is -3.70. The van der Waals surface area contributed by atoms with E-state index in [0.717, 1.165) is 68.7 Å². The number of benzene rings is 3. The van der Waals surface area contributed by atoms with Gasteiger partial charge in [-0.3, -0.25) is 9.69 Å². The molecule has 1 atom stereocenters. The minimum Gasteiger partial charge on any atom is -0.427 e. The highest BCUT2D eigenvalue weighted by Gasteiger charge is 2.26. The van der Waals surface area contributed by atoms with E-state index in [1.165, 1.54) is 18.2 Å². The van der Waals surface area contributed by atoms with Crippen LogP contribution in [-0.4, -0.2) is 20.4 Å². The number of imidazole rings is 1. The number of hydrogen-bond donors (Lipinski definition) is 0. The van der Waals surface area contributed by atoms with E-state index in [9.17, 15) is 4.79 Å². The third-order valence-electron chi connectivity index (χ3n) is 7.04. The molecule has 204 valence electrons. The third-order valence-corrected chi connectivity index (χ3v) is 7.04. The summed E-state index contributed by atoms with van der Waals surface area (Å²) in [6.45, 7) is 8.43. The Morgan fingerprint density at radius 2 is 1.54 bits per heavy atom. The summed E-state index contributed by atoms with van der Waals surface area (Å²) in [5.41, 5.74) is 4.81. The Morgan fingerprint density at radius 1 is 0.872 bits per heavy atom. The van der Waals surface area contributed by atoms with E-state index in [-0.39, 0.29) is 12.0 Å². The third kappa shape index (κ3) is 7.90. The number of unbranched alkanes of at least 4 members (excludes halogenated alkanes) is 2. The number of nitrogens with zero attached hydrogens (tertiary/aromatic N) is 3. The first-order valence-corrected chi connectivity index (χ1v) is 14.2. The van der Waals surface area contributed by atoms with E-state index in [1.54, 1.807) is 0 Å². The second kappa shape index (κ2) is 14.5. The van der Waals surface area contributed by atoms with E-state index >= 15 is 0 Å². The fraction of sp³-hybridized carbons (Fsp3) is 0.353. The Labute approximate surface area is 233 Å². The van der Waals surface area contributed by atoms with Crippen molar-refractivity contribution in [2.75, 3.05) is 0 Å². The van der Waals surface area contributed by atoms with Gasteiger partial charge in [0.2, 0.25) is 0 Å². The van der Waals surface area contributed by atoms with E-state index in [1.807, 2.05) is 18.2 Å². The highest BCUT2D eigenvalue weighted by molar-refractivity contribution is 5.69. The number of rotatable bonds is 14. The van der Waals surface area contributed by atoms with Crippen LogP contribution in [0.5, 0.6) is 5.75 Å². The molecular weight excluding hydrogens is 482 g/mol. The summed E-state index contributed by atoms with van der Waals surface area (Å²) < 4.78 is 7.86. The molecule has 0 amide bonds. The maximum atomic E-state index is 11.6. The van der Waals surface area contributed by atoms with Gasteiger partial charge in [-0.1, -0.05) is 106 Å². The summed E-state index contributed by atoms with van der Waals surface area (Å²) in [5.74, 6) is 1.32. The quantitative estimate of drug-likeness (QED) is 0.123. The lowest BCUT2D eigenvalue weighted by atomic mass is 10.0. The Bertz CT molecular complexity index is 1300. The van der Waals surface area contributed by atoms with Crippen molar-refractivity contribution < 1.29 is 9.53 Å². The van der Waals surface area contributed by atoms with E-state index in [4.69, 9.17) is 9.72 Å². The van der Waals surface area contributed by atoms with Gasteiger partial charge in [-0.2, -0.15) is 0 Å². The van der Waals surface area contributed by atoms with Crippen LogP contribution >= 0.6 is 0 Å². The monoisotopic (exact) mass is 523 g/mol. The summed E-state index contributed by atoms with van der Waals surface area (Å²) in [6.07, 6.45) is 7.63. The molecular formula is C34H41N3O2. The van der Waals surface area contributed by atoms with Gasteiger partial charge in [0.25, 0.3) is 0 Å². The van der Waals surface area contributed by atoms with Crippen molar-refractivity contribution >= 4 is 5.97 Å². The minimum atomic E-state index is -0.303. The topological polar surface area (TPSA) is 47.4 Å². The maximum Gasteiger partial charge on any atom is 0.308 e. The molecule has 39 heavy (non-hydrogen) atoms. The largest absolute Gasteiger partial charge is 0.427 e. The average molecular weight is 524 g/mol. The van der Waals surface area contributed by atoms with Gasteiger partial charge in [0.1, 0.15) is 11.6 Å². The van der Waals surface area contributed by atoms with Crippen molar-refractivity contribution in [1.82, 2.24) is 14.5 Å². The van der Waals surface area contributed by atoms with Crippen LogP contribution in [-0.2, 0) is 24.4 Å². The average Bonchev–Trinajstić information content (AvgIpc) is 3.36. The summed E-state index contributed by atoms with van der Waals surface area (Å²) in [4.78, 5) is 19.2. The summed E-state index contributed by atoms with van der Waals surface area (Å²) >= 11 is 0. The van der Waals surface area contributed by atoms with E-state index in [2.05, 4.69) is 96.2 Å². The second-order valence-corrected chi connectivity index (χ2v) is 10.2. The maximum absolute atomic E-state index is 11.6. The first-order chi connectivity index (χ1) is 19.1. The van der Waals surface area contributed by atoms with Crippen molar-refractivity contribution in [1.29, 1.82) is 0 Å². The van der Waals surface area contributed by atoms with E-state index < -0.39 is 0 Å². The molecule has 0 saturated carbocycles. The Morgan fingerprint density at radius 3 is 2.23 bits per heavy atom. The van der Waals surface area contributed by atoms with Crippen LogP contribution < -0.4 is 4.74 Å². The molecule has 1 unspecified atom stereocenters. The molecule has 4 aromatic rings. The van der Waals surface area contributed by atoms with Gasteiger partial charge >= 0.3 is 5.97 Å². The summed E-state index contributed by atoms with van der Waals surface area (Å²) in [6, 6.07) is 29.3.